The molecule has 0 saturated carbocycles. The third kappa shape index (κ3) is 6.59. The van der Waals surface area contributed by atoms with Crippen LogP contribution in [0.4, 0.5) is 5.69 Å². The van der Waals surface area contributed by atoms with Crippen LogP contribution in [-0.4, -0.2) is 17.1 Å². The van der Waals surface area contributed by atoms with Crippen molar-refractivity contribution in [1.29, 1.82) is 0 Å². The van der Waals surface area contributed by atoms with E-state index >= 15 is 0 Å². The van der Waals surface area contributed by atoms with Gasteiger partial charge >= 0.3 is 11.8 Å². The summed E-state index contributed by atoms with van der Waals surface area (Å²) in [5.74, 6) is 0.418. The Bertz CT molecular complexity index is 1620. The lowest BCUT2D eigenvalue weighted by Gasteiger charge is -2.15. The average molecular weight is 606 g/mol. The van der Waals surface area contributed by atoms with Crippen molar-refractivity contribution in [2.24, 2.45) is 0 Å². The van der Waals surface area contributed by atoms with E-state index in [1.807, 2.05) is 84.9 Å². The van der Waals surface area contributed by atoms with Gasteiger partial charge < -0.3 is 10.1 Å². The van der Waals surface area contributed by atoms with Gasteiger partial charge in [-0.05, 0) is 85.6 Å². The zero-order chi connectivity index (χ0) is 28.9. The van der Waals surface area contributed by atoms with Crippen LogP contribution in [0.2, 0.25) is 15.1 Å². The maximum atomic E-state index is 13.2. The molecule has 0 atom stereocenters. The lowest BCUT2D eigenvalue weighted by molar-refractivity contribution is -0.665. The molecule has 5 nitrogen and oxygen atoms in total. The third-order valence-electron chi connectivity index (χ3n) is 6.78. The van der Waals surface area contributed by atoms with Crippen molar-refractivity contribution in [3.63, 3.8) is 0 Å². The normalized spacial score (nSPS) is 11.8. The summed E-state index contributed by atoms with van der Waals surface area (Å²) in [7, 11) is 0. The lowest BCUT2D eigenvalue weighted by Crippen LogP contribution is -2.40. The van der Waals surface area contributed by atoms with Crippen molar-refractivity contribution in [2.75, 3.05) is 11.9 Å². The molecule has 0 saturated heterocycles. The zero-order valence-corrected chi connectivity index (χ0v) is 25.0. The van der Waals surface area contributed by atoms with E-state index in [0.717, 1.165) is 33.7 Å². The van der Waals surface area contributed by atoms with Crippen LogP contribution in [0.15, 0.2) is 103 Å². The molecule has 8 heteroatoms. The first-order valence-electron chi connectivity index (χ1n) is 13.2. The zero-order valence-electron chi connectivity index (χ0n) is 22.7. The smallest absolute Gasteiger partial charge is 0.336 e. The van der Waals surface area contributed by atoms with E-state index < -0.39 is 5.97 Å². The number of rotatable bonds is 9. The molecule has 0 radical (unpaired) electrons. The Morgan fingerprint density at radius 1 is 0.805 bits per heavy atom. The van der Waals surface area contributed by atoms with Crippen LogP contribution in [0.1, 0.15) is 30.8 Å². The van der Waals surface area contributed by atoms with E-state index in [4.69, 9.17) is 39.5 Å². The number of hydrogen-bond acceptors (Lipinski definition) is 3. The minimum Gasteiger partial charge on any atom is -0.463 e. The molecule has 208 valence electrons. The number of aromatic nitrogens is 2. The average Bonchev–Trinajstić information content (AvgIpc) is 3.27. The molecule has 1 heterocycles. The summed E-state index contributed by atoms with van der Waals surface area (Å²) in [6.07, 6.45) is 0. The van der Waals surface area contributed by atoms with Gasteiger partial charge in [0.15, 0.2) is 11.0 Å². The van der Waals surface area contributed by atoms with Crippen molar-refractivity contribution < 1.29 is 14.1 Å². The summed E-state index contributed by atoms with van der Waals surface area (Å²) in [6, 6.07) is 31.2. The highest BCUT2D eigenvalue weighted by molar-refractivity contribution is 6.31. The Kier molecular flexibility index (Phi) is 8.99. The molecular weight excluding hydrogens is 577 g/mol. The van der Waals surface area contributed by atoms with Gasteiger partial charge in [-0.15, -0.1) is 0 Å². The van der Waals surface area contributed by atoms with Gasteiger partial charge in [-0.25, -0.2) is 13.9 Å². The summed E-state index contributed by atoms with van der Waals surface area (Å²) in [4.78, 5) is 13.2. The lowest BCUT2D eigenvalue weighted by atomic mass is 10.1. The van der Waals surface area contributed by atoms with Crippen molar-refractivity contribution in [1.82, 2.24) is 4.57 Å². The number of nitrogens with zero attached hydrogens (tertiary/aromatic N) is 2. The maximum Gasteiger partial charge on any atom is 0.336 e. The number of nitrogens with one attached hydrogen (secondary N) is 1. The molecule has 0 bridgehead atoms. The predicted molar refractivity (Wildman–Crippen MR) is 168 cm³/mol. The van der Waals surface area contributed by atoms with Gasteiger partial charge in [-0.1, -0.05) is 71.2 Å². The van der Waals surface area contributed by atoms with E-state index in [9.17, 15) is 4.79 Å². The van der Waals surface area contributed by atoms with Crippen LogP contribution in [0.25, 0.3) is 16.7 Å². The minimum atomic E-state index is -0.398. The fourth-order valence-electron chi connectivity index (χ4n) is 4.77. The van der Waals surface area contributed by atoms with Crippen LogP contribution in [-0.2, 0) is 22.6 Å². The molecule has 0 aliphatic rings. The van der Waals surface area contributed by atoms with Gasteiger partial charge in [0.25, 0.3) is 0 Å². The second-order valence-corrected chi connectivity index (χ2v) is 10.9. The molecule has 0 aliphatic heterocycles. The van der Waals surface area contributed by atoms with Crippen molar-refractivity contribution in [2.45, 2.75) is 26.9 Å². The van der Waals surface area contributed by atoms with Crippen LogP contribution < -0.4 is 9.88 Å². The Morgan fingerprint density at radius 3 is 1.98 bits per heavy atom. The summed E-state index contributed by atoms with van der Waals surface area (Å²) in [5, 5.41) is 5.50. The van der Waals surface area contributed by atoms with Crippen LogP contribution in [0, 0.1) is 0 Å². The first kappa shape index (κ1) is 28.7. The van der Waals surface area contributed by atoms with Gasteiger partial charge in [0.2, 0.25) is 0 Å². The van der Waals surface area contributed by atoms with Gasteiger partial charge in [0.05, 0.1) is 12.2 Å². The van der Waals surface area contributed by atoms with Crippen LogP contribution >= 0.6 is 34.8 Å². The minimum absolute atomic E-state index is 0.267. The van der Waals surface area contributed by atoms with E-state index in [0.29, 0.717) is 39.4 Å². The fourth-order valence-corrected chi connectivity index (χ4v) is 5.14. The summed E-state index contributed by atoms with van der Waals surface area (Å²) in [6.45, 7) is 4.94. The molecule has 0 fully saturated rings. The molecule has 1 aromatic heterocycles. The molecular formula is C33H29Cl3N3O2+. The fraction of sp³-hybridized carbons (Fsp3) is 0.152. The van der Waals surface area contributed by atoms with Crippen LogP contribution in [0.3, 0.4) is 0 Å². The van der Waals surface area contributed by atoms with E-state index in [1.165, 1.54) is 0 Å². The number of esters is 1. The molecule has 0 aliphatic carbocycles. The number of hydrogen-bond donors (Lipinski definition) is 1. The molecule has 5 rings (SSSR count). The van der Waals surface area contributed by atoms with Crippen LogP contribution in [0.5, 0.6) is 0 Å². The number of carbonyl (C=O) groups excluding carboxylic acids is 1. The van der Waals surface area contributed by atoms with Crippen molar-refractivity contribution >= 4 is 63.2 Å². The number of halogens is 3. The van der Waals surface area contributed by atoms with E-state index in [-0.39, 0.29) is 6.61 Å². The Balaban J connectivity index is 1.79. The second kappa shape index (κ2) is 12.8. The molecule has 4 aromatic carbocycles. The summed E-state index contributed by atoms with van der Waals surface area (Å²) >= 11 is 18.6. The highest BCUT2D eigenvalue weighted by atomic mass is 35.5. The number of benzene rings is 4. The van der Waals surface area contributed by atoms with Gasteiger partial charge in [-0.2, -0.15) is 0 Å². The monoisotopic (exact) mass is 604 g/mol. The number of para-hydroxylation sites is 2. The standard InChI is InChI=1S/C33H28Cl3N3O2/c1-3-41-33(40)22(2)31(37-28-18-16-27(36)17-19-28)32-38(20-23-8-12-25(34)13-9-23)29-6-4-5-7-30(29)39(32)21-24-10-14-26(35)15-11-24/h4-19H,3,20-21H2,1-2H3/p+1. The Morgan fingerprint density at radius 2 is 1.37 bits per heavy atom. The maximum absolute atomic E-state index is 13.2. The first-order valence-corrected chi connectivity index (χ1v) is 14.4. The Hall–Kier alpha value is -3.77. The third-order valence-corrected chi connectivity index (χ3v) is 7.53. The number of carbonyl (C=O) groups is 1. The molecule has 0 amide bonds. The number of ether oxygens (including phenoxy) is 1. The molecule has 0 unspecified atom stereocenters. The van der Waals surface area contributed by atoms with E-state index in [1.54, 1.807) is 13.8 Å². The Labute approximate surface area is 254 Å². The van der Waals surface area contributed by atoms with Crippen molar-refractivity contribution in [3.05, 3.63) is 135 Å². The number of anilines is 1. The summed E-state index contributed by atoms with van der Waals surface area (Å²) in [5.41, 5.74) is 6.02. The van der Waals surface area contributed by atoms with Crippen molar-refractivity contribution in [3.8, 4) is 0 Å². The largest absolute Gasteiger partial charge is 0.463 e. The summed E-state index contributed by atoms with van der Waals surface area (Å²) < 4.78 is 9.91. The number of fused-ring (bicyclic) bond motifs is 1. The van der Waals surface area contributed by atoms with E-state index in [2.05, 4.69) is 26.6 Å². The quantitative estimate of drug-likeness (QED) is 0.104. The SMILES string of the molecule is CCOC(=O)/C(C)=C(/Nc1ccc(Cl)cc1)c1n(Cc2ccc(Cl)cc2)c2ccccc2[n+]1Cc1ccc(Cl)cc1. The molecule has 1 N–H and O–H groups in total. The highest BCUT2D eigenvalue weighted by Crippen LogP contribution is 2.28. The molecule has 41 heavy (non-hydrogen) atoms. The van der Waals surface area contributed by atoms with Gasteiger partial charge in [-0.3, -0.25) is 0 Å². The second-order valence-electron chi connectivity index (χ2n) is 9.59. The number of imidazole rings is 1. The highest BCUT2D eigenvalue weighted by Gasteiger charge is 2.31. The molecule has 5 aromatic rings. The topological polar surface area (TPSA) is 47.1 Å². The molecule has 0 spiro atoms. The van der Waals surface area contributed by atoms with Gasteiger partial charge in [0, 0.05) is 20.8 Å². The first-order chi connectivity index (χ1) is 19.8. The predicted octanol–water partition coefficient (Wildman–Crippen LogP) is 8.39. The van der Waals surface area contributed by atoms with Gasteiger partial charge in [0.1, 0.15) is 18.8 Å².